The van der Waals surface area contributed by atoms with E-state index in [9.17, 15) is 0 Å². The molecule has 3 atom stereocenters. The van der Waals surface area contributed by atoms with E-state index in [1.165, 1.54) is 24.1 Å². The Kier molecular flexibility index (Phi) is 4.07. The average molecular weight is 250 g/mol. The van der Waals surface area contributed by atoms with Crippen molar-refractivity contribution in [2.24, 2.45) is 18.7 Å². The minimum Gasteiger partial charge on any atom is -0.329 e. The van der Waals surface area contributed by atoms with Gasteiger partial charge in [-0.25, -0.2) is 0 Å². The molecule has 1 aliphatic heterocycles. The summed E-state index contributed by atoms with van der Waals surface area (Å²) in [6, 6.07) is 0.936. The molecular weight excluding hydrogens is 224 g/mol. The fourth-order valence-electron chi connectivity index (χ4n) is 3.04. The summed E-state index contributed by atoms with van der Waals surface area (Å²) in [7, 11) is 1.99. The third-order valence-electron chi connectivity index (χ3n) is 4.42. The number of hydrogen-bond acceptors (Lipinski definition) is 3. The molecule has 2 N–H and O–H groups in total. The zero-order chi connectivity index (χ0) is 13.3. The molecule has 2 heterocycles. The standard InChI is InChI=1S/C14H26N4/c1-10-5-6-11(2)18(9-10)14(7-15)13-8-16-17(4)12(13)3/h8,10-11,14H,5-7,9,15H2,1-4H3. The van der Waals surface area contributed by atoms with Gasteiger partial charge in [0.1, 0.15) is 0 Å². The van der Waals surface area contributed by atoms with E-state index in [1.54, 1.807) is 0 Å². The van der Waals surface area contributed by atoms with Crippen molar-refractivity contribution in [2.45, 2.75) is 45.7 Å². The fraction of sp³-hybridized carbons (Fsp3) is 0.786. The van der Waals surface area contributed by atoms with Gasteiger partial charge in [0.2, 0.25) is 0 Å². The van der Waals surface area contributed by atoms with E-state index < -0.39 is 0 Å². The molecule has 0 radical (unpaired) electrons. The third-order valence-corrected chi connectivity index (χ3v) is 4.42. The number of nitrogens with two attached hydrogens (primary N) is 1. The monoisotopic (exact) mass is 250 g/mol. The van der Waals surface area contributed by atoms with E-state index in [-0.39, 0.29) is 0 Å². The Balaban J connectivity index is 2.24. The number of piperidine rings is 1. The maximum absolute atomic E-state index is 6.04. The molecule has 0 aliphatic carbocycles. The first-order valence-electron chi connectivity index (χ1n) is 6.98. The number of hydrogen-bond donors (Lipinski definition) is 1. The van der Waals surface area contributed by atoms with Crippen molar-refractivity contribution in [1.82, 2.24) is 14.7 Å². The van der Waals surface area contributed by atoms with Crippen molar-refractivity contribution in [3.63, 3.8) is 0 Å². The summed E-state index contributed by atoms with van der Waals surface area (Å²) in [4.78, 5) is 2.57. The van der Waals surface area contributed by atoms with Crippen LogP contribution in [0.1, 0.15) is 44.0 Å². The van der Waals surface area contributed by atoms with Crippen molar-refractivity contribution in [3.8, 4) is 0 Å². The van der Waals surface area contributed by atoms with Gasteiger partial charge >= 0.3 is 0 Å². The van der Waals surface area contributed by atoms with E-state index in [0.29, 0.717) is 18.6 Å². The lowest BCUT2D eigenvalue weighted by atomic mass is 9.92. The highest BCUT2D eigenvalue weighted by atomic mass is 15.3. The highest BCUT2D eigenvalue weighted by Crippen LogP contribution is 2.31. The topological polar surface area (TPSA) is 47.1 Å². The minimum atomic E-state index is 0.316. The third kappa shape index (κ3) is 2.45. The zero-order valence-corrected chi connectivity index (χ0v) is 12.1. The molecule has 0 bridgehead atoms. The van der Waals surface area contributed by atoms with E-state index in [4.69, 9.17) is 5.73 Å². The molecule has 4 nitrogen and oxygen atoms in total. The maximum atomic E-state index is 6.04. The van der Waals surface area contributed by atoms with Crippen molar-refractivity contribution in [1.29, 1.82) is 0 Å². The Morgan fingerprint density at radius 2 is 2.17 bits per heavy atom. The van der Waals surface area contributed by atoms with Gasteiger partial charge in [-0.3, -0.25) is 9.58 Å². The Labute approximate surface area is 110 Å². The molecule has 1 fully saturated rings. The molecule has 2 rings (SSSR count). The van der Waals surface area contributed by atoms with Gasteiger partial charge in [0.25, 0.3) is 0 Å². The number of aryl methyl sites for hydroxylation is 1. The summed E-state index contributed by atoms with van der Waals surface area (Å²) in [6.07, 6.45) is 4.59. The summed E-state index contributed by atoms with van der Waals surface area (Å²) in [5, 5.41) is 4.36. The largest absolute Gasteiger partial charge is 0.329 e. The Morgan fingerprint density at radius 3 is 2.72 bits per heavy atom. The first-order valence-corrected chi connectivity index (χ1v) is 6.98. The fourth-order valence-corrected chi connectivity index (χ4v) is 3.04. The molecule has 3 unspecified atom stereocenters. The van der Waals surface area contributed by atoms with Gasteiger partial charge in [0.05, 0.1) is 12.2 Å². The molecule has 18 heavy (non-hydrogen) atoms. The maximum Gasteiger partial charge on any atom is 0.0540 e. The predicted octanol–water partition coefficient (Wildman–Crippen LogP) is 1.85. The van der Waals surface area contributed by atoms with Crippen LogP contribution in [-0.4, -0.2) is 33.8 Å². The number of likely N-dealkylation sites (tertiary alicyclic amines) is 1. The van der Waals surface area contributed by atoms with Crippen LogP contribution >= 0.6 is 0 Å². The van der Waals surface area contributed by atoms with Crippen molar-refractivity contribution in [3.05, 3.63) is 17.5 Å². The lowest BCUT2D eigenvalue weighted by Crippen LogP contribution is -2.45. The van der Waals surface area contributed by atoms with Gasteiger partial charge in [0.15, 0.2) is 0 Å². The summed E-state index contributed by atoms with van der Waals surface area (Å²) >= 11 is 0. The molecule has 102 valence electrons. The highest BCUT2D eigenvalue weighted by Gasteiger charge is 2.30. The van der Waals surface area contributed by atoms with Crippen LogP contribution in [0.15, 0.2) is 6.20 Å². The summed E-state index contributed by atoms with van der Waals surface area (Å²) in [6.45, 7) is 8.60. The van der Waals surface area contributed by atoms with Gasteiger partial charge < -0.3 is 5.73 Å². The first-order chi connectivity index (χ1) is 8.54. The number of rotatable bonds is 3. The van der Waals surface area contributed by atoms with Crippen LogP contribution in [-0.2, 0) is 7.05 Å². The highest BCUT2D eigenvalue weighted by molar-refractivity contribution is 5.21. The van der Waals surface area contributed by atoms with Crippen molar-refractivity contribution >= 4 is 0 Å². The summed E-state index contributed by atoms with van der Waals surface area (Å²) in [5.41, 5.74) is 8.57. The Morgan fingerprint density at radius 1 is 1.44 bits per heavy atom. The lowest BCUT2D eigenvalue weighted by Gasteiger charge is -2.41. The van der Waals surface area contributed by atoms with E-state index in [0.717, 1.165) is 12.5 Å². The average Bonchev–Trinajstić information content (AvgIpc) is 2.67. The van der Waals surface area contributed by atoms with Crippen molar-refractivity contribution in [2.75, 3.05) is 13.1 Å². The van der Waals surface area contributed by atoms with Gasteiger partial charge in [-0.15, -0.1) is 0 Å². The molecule has 4 heteroatoms. The van der Waals surface area contributed by atoms with Crippen LogP contribution in [0.2, 0.25) is 0 Å². The van der Waals surface area contributed by atoms with Crippen LogP contribution in [0.25, 0.3) is 0 Å². The Bertz CT molecular complexity index is 398. The van der Waals surface area contributed by atoms with Crippen LogP contribution in [0.3, 0.4) is 0 Å². The van der Waals surface area contributed by atoms with Gasteiger partial charge in [0, 0.05) is 37.4 Å². The Hall–Kier alpha value is -0.870. The first kappa shape index (κ1) is 13.6. The molecule has 1 saturated heterocycles. The van der Waals surface area contributed by atoms with E-state index in [1.807, 2.05) is 17.9 Å². The SMILES string of the molecule is Cc1c(C(CN)N2CC(C)CCC2C)cnn1C. The summed E-state index contributed by atoms with van der Waals surface area (Å²) in [5.74, 6) is 0.771. The van der Waals surface area contributed by atoms with Crippen LogP contribution in [0.4, 0.5) is 0 Å². The normalized spacial score (nSPS) is 27.4. The second-order valence-electron chi connectivity index (χ2n) is 5.79. The van der Waals surface area contributed by atoms with Gasteiger partial charge in [-0.1, -0.05) is 6.92 Å². The summed E-state index contributed by atoms with van der Waals surface area (Å²) < 4.78 is 1.94. The molecule has 1 aromatic rings. The number of aromatic nitrogens is 2. The lowest BCUT2D eigenvalue weighted by molar-refractivity contribution is 0.0795. The molecule has 1 aliphatic rings. The second kappa shape index (κ2) is 5.41. The molecule has 1 aromatic heterocycles. The predicted molar refractivity (Wildman–Crippen MR) is 74.3 cm³/mol. The zero-order valence-electron chi connectivity index (χ0n) is 12.1. The van der Waals surface area contributed by atoms with E-state index >= 15 is 0 Å². The quantitative estimate of drug-likeness (QED) is 0.890. The second-order valence-corrected chi connectivity index (χ2v) is 5.79. The van der Waals surface area contributed by atoms with E-state index in [2.05, 4.69) is 30.8 Å². The molecule has 0 spiro atoms. The van der Waals surface area contributed by atoms with Crippen LogP contribution < -0.4 is 5.73 Å². The molecule has 0 amide bonds. The van der Waals surface area contributed by atoms with Crippen LogP contribution in [0, 0.1) is 12.8 Å². The molecule has 0 aromatic carbocycles. The van der Waals surface area contributed by atoms with Gasteiger partial charge in [-0.2, -0.15) is 5.10 Å². The number of nitrogens with zero attached hydrogens (tertiary/aromatic N) is 3. The van der Waals surface area contributed by atoms with Gasteiger partial charge in [-0.05, 0) is 32.6 Å². The molecular formula is C14H26N4. The minimum absolute atomic E-state index is 0.316. The smallest absolute Gasteiger partial charge is 0.0540 e. The van der Waals surface area contributed by atoms with Crippen LogP contribution in [0.5, 0.6) is 0 Å². The van der Waals surface area contributed by atoms with Crippen molar-refractivity contribution < 1.29 is 0 Å². The molecule has 0 saturated carbocycles.